The van der Waals surface area contributed by atoms with Crippen molar-refractivity contribution in [2.24, 2.45) is 11.8 Å². The number of carbonyl (C=O) groups is 2. The van der Waals surface area contributed by atoms with E-state index in [9.17, 15) is 19.8 Å². The van der Waals surface area contributed by atoms with Crippen LogP contribution in [0.15, 0.2) is 89.0 Å². The van der Waals surface area contributed by atoms with E-state index in [2.05, 4.69) is 57.5 Å². The molecular weight excluding hydrogens is 971 g/mol. The maximum absolute atomic E-state index is 14.4. The van der Waals surface area contributed by atoms with E-state index in [0.29, 0.717) is 47.1 Å². The van der Waals surface area contributed by atoms with E-state index in [4.69, 9.17) is 19.7 Å². The van der Waals surface area contributed by atoms with Gasteiger partial charge in [-0.25, -0.2) is 9.97 Å². The van der Waals surface area contributed by atoms with Gasteiger partial charge in [0.15, 0.2) is 17.4 Å². The second-order valence-corrected chi connectivity index (χ2v) is 22.3. The molecule has 19 heteroatoms. The molecule has 5 N–H and O–H groups in total. The molecule has 394 valence electrons. The summed E-state index contributed by atoms with van der Waals surface area (Å²) in [6.07, 6.45) is 7.04. The number of nitrogens with one attached hydrogen (secondary N) is 1. The van der Waals surface area contributed by atoms with E-state index >= 15 is 0 Å². The van der Waals surface area contributed by atoms with Crippen molar-refractivity contribution in [1.29, 1.82) is 0 Å². The SMILES string of the molecule is Cc1ncsc1-c1ccc([C@H](C)NC(=O)[C@@H]2C[C@@H](O)CN2C(=O)[C@@H](c2cc(N3CCC(CO[C@H]4C[C@H](Oc5cc(N6C7CCC6CN(c6cc(-c8ccccc8O)nnc6N)C7)ccn5)C4)CC3)no2)C(C)C)cc1. The van der Waals surface area contributed by atoms with Gasteiger partial charge in [0, 0.05) is 100 Å². The van der Waals surface area contributed by atoms with Gasteiger partial charge in [0.25, 0.3) is 0 Å². The third kappa shape index (κ3) is 10.6. The average Bonchev–Trinajstić information content (AvgIpc) is 4.21. The third-order valence-corrected chi connectivity index (χ3v) is 17.0. The highest BCUT2D eigenvalue weighted by atomic mass is 32.1. The number of likely N-dealkylation sites (tertiary alicyclic amines) is 1. The van der Waals surface area contributed by atoms with Crippen molar-refractivity contribution in [3.05, 3.63) is 102 Å². The number of aromatic nitrogens is 5. The summed E-state index contributed by atoms with van der Waals surface area (Å²) in [6, 6.07) is 22.6. The van der Waals surface area contributed by atoms with Gasteiger partial charge in [-0.3, -0.25) is 9.59 Å². The fraction of sp³-hybridized carbons (Fsp3) is 0.482. The van der Waals surface area contributed by atoms with E-state index in [1.54, 1.807) is 23.5 Å². The number of rotatable bonds is 16. The molecule has 0 radical (unpaired) electrons. The Morgan fingerprint density at radius 1 is 0.893 bits per heavy atom. The fourth-order valence-corrected chi connectivity index (χ4v) is 12.6. The molecule has 1 aliphatic carbocycles. The number of aliphatic hydroxyl groups is 1. The molecule has 4 aliphatic heterocycles. The van der Waals surface area contributed by atoms with Gasteiger partial charge in [0.05, 0.1) is 45.7 Å². The quantitative estimate of drug-likeness (QED) is 0.0736. The van der Waals surface area contributed by atoms with Gasteiger partial charge in [0.1, 0.15) is 23.8 Å². The number of nitrogens with zero attached hydrogens (tertiary/aromatic N) is 9. The van der Waals surface area contributed by atoms with Gasteiger partial charge in [0.2, 0.25) is 17.7 Å². The number of hydrogen-bond donors (Lipinski definition) is 4. The highest BCUT2D eigenvalue weighted by Crippen LogP contribution is 2.41. The number of phenols is 1. The Labute approximate surface area is 441 Å². The number of para-hydroxylation sites is 1. The second kappa shape index (κ2) is 21.4. The van der Waals surface area contributed by atoms with E-state index in [0.717, 1.165) is 97.8 Å². The van der Waals surface area contributed by atoms with E-state index in [1.165, 1.54) is 4.90 Å². The first-order valence-corrected chi connectivity index (χ1v) is 27.4. The van der Waals surface area contributed by atoms with E-state index in [1.807, 2.05) is 87.9 Å². The van der Waals surface area contributed by atoms with Crippen LogP contribution in [0.5, 0.6) is 11.6 Å². The summed E-state index contributed by atoms with van der Waals surface area (Å²) < 4.78 is 18.8. The van der Waals surface area contributed by atoms with E-state index < -0.39 is 18.1 Å². The minimum Gasteiger partial charge on any atom is -0.507 e. The van der Waals surface area contributed by atoms with Crippen molar-refractivity contribution in [2.45, 2.75) is 121 Å². The van der Waals surface area contributed by atoms with Gasteiger partial charge in [-0.1, -0.05) is 55.4 Å². The monoisotopic (exact) mass is 1040 g/mol. The summed E-state index contributed by atoms with van der Waals surface area (Å²) >= 11 is 1.60. The standard InChI is InChI=1S/C56H67N11O7S/c1-32(2)52(56(71)66-29-41(68)22-47(66)55(70)60-33(3)36-9-11-37(12-10-36)53-34(4)59-31-75-53)49-26-50(63-74-49)64-19-16-35(17-20-64)30-72-42-23-43(24-42)73-51-21-38(15-18-58-51)67-39-13-14-40(67)28-65(27-39)46-25-45(61-62-54(46)57)44-7-5-6-8-48(44)69/h5-12,15,18,21,25-26,31-33,35,39-43,47,52,68-69H,13-14,16-17,19-20,22-24,27-30H2,1-4H3,(H2,57,62)(H,60,70)/t33-,39?,40?,41+,42-,43-,47-,52+/m0/s1. The van der Waals surface area contributed by atoms with Crippen molar-refractivity contribution in [3.63, 3.8) is 0 Å². The maximum atomic E-state index is 14.4. The molecule has 2 bridgehead atoms. The van der Waals surface area contributed by atoms with Crippen LogP contribution in [-0.2, 0) is 14.3 Å². The number of amides is 2. The summed E-state index contributed by atoms with van der Waals surface area (Å²) in [5.41, 5.74) is 14.4. The number of phenolic OH excluding ortho intramolecular Hbond substituents is 1. The second-order valence-electron chi connectivity index (χ2n) is 21.5. The number of ether oxygens (including phenoxy) is 2. The number of aromatic hydroxyl groups is 1. The first-order valence-electron chi connectivity index (χ1n) is 26.5. The molecule has 5 aliphatic rings. The number of fused-ring (bicyclic) bond motifs is 2. The van der Waals surface area contributed by atoms with Crippen molar-refractivity contribution in [3.8, 4) is 33.3 Å². The van der Waals surface area contributed by atoms with Crippen LogP contribution in [0.2, 0.25) is 0 Å². The van der Waals surface area contributed by atoms with Crippen molar-refractivity contribution in [2.75, 3.05) is 59.8 Å². The smallest absolute Gasteiger partial charge is 0.243 e. The van der Waals surface area contributed by atoms with Crippen LogP contribution in [0, 0.1) is 18.8 Å². The number of aliphatic hydroxyl groups excluding tert-OH is 1. The number of carbonyl (C=O) groups excluding carboxylic acids is 2. The van der Waals surface area contributed by atoms with Crippen molar-refractivity contribution < 1.29 is 33.8 Å². The predicted molar refractivity (Wildman–Crippen MR) is 287 cm³/mol. The highest BCUT2D eigenvalue weighted by Gasteiger charge is 2.45. The Morgan fingerprint density at radius 2 is 1.65 bits per heavy atom. The Bertz CT molecular complexity index is 2960. The lowest BCUT2D eigenvalue weighted by atomic mass is 9.91. The molecule has 4 aromatic heterocycles. The highest BCUT2D eigenvalue weighted by molar-refractivity contribution is 7.13. The Kier molecular flexibility index (Phi) is 14.4. The molecular formula is C56H67N11O7S. The molecule has 1 saturated carbocycles. The van der Waals surface area contributed by atoms with Gasteiger partial charge >= 0.3 is 0 Å². The average molecular weight is 1040 g/mol. The molecule has 8 heterocycles. The zero-order valence-corrected chi connectivity index (χ0v) is 43.8. The molecule has 75 heavy (non-hydrogen) atoms. The molecule has 11 rings (SSSR count). The fourth-order valence-electron chi connectivity index (χ4n) is 11.8. The molecule has 2 aromatic carbocycles. The van der Waals surface area contributed by atoms with Gasteiger partial charge < -0.3 is 54.9 Å². The van der Waals surface area contributed by atoms with Crippen LogP contribution in [0.3, 0.4) is 0 Å². The zero-order chi connectivity index (χ0) is 51.9. The number of pyridine rings is 1. The van der Waals surface area contributed by atoms with Crippen LogP contribution in [0.1, 0.15) is 94.7 Å². The van der Waals surface area contributed by atoms with Gasteiger partial charge in [-0.2, -0.15) is 0 Å². The van der Waals surface area contributed by atoms with Crippen molar-refractivity contribution in [1.82, 2.24) is 35.5 Å². The van der Waals surface area contributed by atoms with E-state index in [-0.39, 0.29) is 66.8 Å². The van der Waals surface area contributed by atoms with Crippen LogP contribution in [0.25, 0.3) is 21.7 Å². The van der Waals surface area contributed by atoms with Gasteiger partial charge in [-0.05, 0) is 86.8 Å². The first-order chi connectivity index (χ1) is 36.3. The maximum Gasteiger partial charge on any atom is 0.243 e. The number of aryl methyl sites for hydroxylation is 1. The summed E-state index contributed by atoms with van der Waals surface area (Å²) in [7, 11) is 0. The number of anilines is 4. The topological polar surface area (TPSA) is 222 Å². The third-order valence-electron chi connectivity index (χ3n) is 16.1. The number of piperazine rings is 1. The number of nitrogen functional groups attached to an aromatic ring is 1. The largest absolute Gasteiger partial charge is 0.507 e. The van der Waals surface area contributed by atoms with Crippen LogP contribution in [0.4, 0.5) is 23.0 Å². The molecule has 6 atom stereocenters. The van der Waals surface area contributed by atoms with Gasteiger partial charge in [-0.15, -0.1) is 21.5 Å². The number of piperidine rings is 1. The summed E-state index contributed by atoms with van der Waals surface area (Å²) in [5, 5.41) is 37.3. The number of benzene rings is 2. The molecule has 18 nitrogen and oxygen atoms in total. The van der Waals surface area contributed by atoms with Crippen molar-refractivity contribution >= 4 is 46.2 Å². The molecule has 6 aromatic rings. The lowest BCUT2D eigenvalue weighted by Gasteiger charge is -2.43. The Hall–Kier alpha value is -6.83. The Balaban J connectivity index is 0.627. The minimum absolute atomic E-state index is 0.0484. The summed E-state index contributed by atoms with van der Waals surface area (Å²) in [4.78, 5) is 46.8. The molecule has 5 fully saturated rings. The summed E-state index contributed by atoms with van der Waals surface area (Å²) in [6.45, 7) is 11.8. The Morgan fingerprint density at radius 3 is 2.37 bits per heavy atom. The molecule has 2 amide bonds. The lowest BCUT2D eigenvalue weighted by molar-refractivity contribution is -0.141. The van der Waals surface area contributed by atoms with Crippen LogP contribution in [-0.4, -0.2) is 128 Å². The van der Waals surface area contributed by atoms with Crippen LogP contribution >= 0.6 is 11.3 Å². The molecule has 0 spiro atoms. The molecule has 2 unspecified atom stereocenters. The lowest BCUT2D eigenvalue weighted by Crippen LogP contribution is -2.54. The summed E-state index contributed by atoms with van der Waals surface area (Å²) in [5.74, 6) is 1.38. The minimum atomic E-state index is -0.812. The first kappa shape index (κ1) is 50.3. The van der Waals surface area contributed by atoms with Crippen LogP contribution < -0.4 is 30.5 Å². The number of nitrogens with two attached hydrogens (primary N) is 1. The number of hydrogen-bond acceptors (Lipinski definition) is 17. The number of β-amino-alcohol motifs (C(OH)–C–C–N with tert-alkyl or cyclic N) is 1. The predicted octanol–water partition coefficient (Wildman–Crippen LogP) is 7.53. The number of thiazole rings is 1. The molecule has 4 saturated heterocycles. The zero-order valence-electron chi connectivity index (χ0n) is 43.0. The normalized spacial score (nSPS) is 23.6.